The Hall–Kier alpha value is -2.10. The average molecular weight is 368 g/mol. The molecule has 0 saturated carbocycles. The largest absolute Gasteiger partial charge is 0.394 e. The molecule has 0 spiro atoms. The van der Waals surface area contributed by atoms with Gasteiger partial charge in [-0.2, -0.15) is 0 Å². The molecule has 9 heteroatoms. The zero-order chi connectivity index (χ0) is 18.8. The van der Waals surface area contributed by atoms with Crippen molar-refractivity contribution in [1.82, 2.24) is 21.1 Å². The van der Waals surface area contributed by atoms with Crippen molar-refractivity contribution in [2.75, 3.05) is 19.7 Å². The Balaban J connectivity index is 1.74. The number of aliphatic hydroxyl groups is 1. The summed E-state index contributed by atoms with van der Waals surface area (Å²) in [5.74, 6) is -2.61. The Morgan fingerprint density at radius 1 is 1.35 bits per heavy atom. The lowest BCUT2D eigenvalue weighted by molar-refractivity contribution is -0.139. The Kier molecular flexibility index (Phi) is 5.49. The minimum Gasteiger partial charge on any atom is -0.394 e. The SMILES string of the molecule is CC(=O)NC(CO)C(=O)N1CCC2NNC(c3ccc(F)c(F)c3)C2C1. The molecule has 2 fully saturated rings. The molecule has 7 nitrogen and oxygen atoms in total. The highest BCUT2D eigenvalue weighted by molar-refractivity contribution is 5.87. The van der Waals surface area contributed by atoms with Crippen LogP contribution in [0.4, 0.5) is 8.78 Å². The van der Waals surface area contributed by atoms with Gasteiger partial charge < -0.3 is 15.3 Å². The molecule has 4 atom stereocenters. The van der Waals surface area contributed by atoms with Crippen LogP contribution in [0.1, 0.15) is 24.9 Å². The number of rotatable bonds is 4. The minimum atomic E-state index is -0.979. The Morgan fingerprint density at radius 3 is 2.77 bits per heavy atom. The quantitative estimate of drug-likeness (QED) is 0.592. The Labute approximate surface area is 149 Å². The topological polar surface area (TPSA) is 93.7 Å². The van der Waals surface area contributed by atoms with Crippen LogP contribution in [0.2, 0.25) is 0 Å². The van der Waals surface area contributed by atoms with Crippen molar-refractivity contribution in [3.63, 3.8) is 0 Å². The first-order valence-corrected chi connectivity index (χ1v) is 8.53. The van der Waals surface area contributed by atoms with E-state index < -0.39 is 30.2 Å². The summed E-state index contributed by atoms with van der Waals surface area (Å²) < 4.78 is 26.8. The van der Waals surface area contributed by atoms with Crippen LogP contribution < -0.4 is 16.2 Å². The lowest BCUT2D eigenvalue weighted by Crippen LogP contribution is -2.55. The first-order chi connectivity index (χ1) is 12.4. The van der Waals surface area contributed by atoms with Crippen LogP contribution in [0.15, 0.2) is 18.2 Å². The number of carbonyl (C=O) groups excluding carboxylic acids is 2. The van der Waals surface area contributed by atoms with E-state index in [9.17, 15) is 23.5 Å². The predicted molar refractivity (Wildman–Crippen MR) is 88.5 cm³/mol. The summed E-state index contributed by atoms with van der Waals surface area (Å²) >= 11 is 0. The van der Waals surface area contributed by atoms with E-state index in [4.69, 9.17) is 0 Å². The Morgan fingerprint density at radius 2 is 2.12 bits per heavy atom. The van der Waals surface area contributed by atoms with Gasteiger partial charge in [-0.3, -0.25) is 15.0 Å². The molecular formula is C17H22F2N4O3. The number of hydrazine groups is 1. The molecule has 2 aliphatic heterocycles. The molecule has 4 N–H and O–H groups in total. The molecule has 0 aromatic heterocycles. The molecule has 0 radical (unpaired) electrons. The number of halogens is 2. The molecule has 1 aromatic rings. The van der Waals surface area contributed by atoms with Gasteiger partial charge in [-0.05, 0) is 24.1 Å². The summed E-state index contributed by atoms with van der Waals surface area (Å²) in [4.78, 5) is 25.4. The summed E-state index contributed by atoms with van der Waals surface area (Å²) in [6.07, 6.45) is 0.668. The summed E-state index contributed by atoms with van der Waals surface area (Å²) in [6.45, 7) is 1.66. The molecule has 26 heavy (non-hydrogen) atoms. The highest BCUT2D eigenvalue weighted by atomic mass is 19.2. The van der Waals surface area contributed by atoms with Crippen molar-refractivity contribution in [3.05, 3.63) is 35.4 Å². The van der Waals surface area contributed by atoms with Crippen LogP contribution in [0.3, 0.4) is 0 Å². The maximum atomic E-state index is 13.6. The normalized spacial score (nSPS) is 26.3. The number of carbonyl (C=O) groups is 2. The fourth-order valence-corrected chi connectivity index (χ4v) is 3.69. The van der Waals surface area contributed by atoms with E-state index >= 15 is 0 Å². The minimum absolute atomic E-state index is 0.0470. The third-order valence-electron chi connectivity index (χ3n) is 4.98. The van der Waals surface area contributed by atoms with Gasteiger partial charge in [-0.15, -0.1) is 0 Å². The number of hydrogen-bond acceptors (Lipinski definition) is 5. The fourth-order valence-electron chi connectivity index (χ4n) is 3.69. The number of benzene rings is 1. The standard InChI is InChI=1S/C17H22F2N4O3/c1-9(25)20-15(8-24)17(26)23-5-4-14-11(7-23)16(22-21-14)10-2-3-12(18)13(19)6-10/h2-3,6,11,14-16,21-22,24H,4-5,7-8H2,1H3,(H,20,25). The number of piperidine rings is 1. The van der Waals surface area contributed by atoms with Crippen LogP contribution in [0, 0.1) is 17.6 Å². The number of likely N-dealkylation sites (tertiary alicyclic amines) is 1. The predicted octanol–water partition coefficient (Wildman–Crippen LogP) is -0.172. The van der Waals surface area contributed by atoms with Crippen LogP contribution >= 0.6 is 0 Å². The maximum Gasteiger partial charge on any atom is 0.247 e. The molecule has 2 heterocycles. The molecule has 0 bridgehead atoms. The van der Waals surface area contributed by atoms with Gasteiger partial charge in [0.05, 0.1) is 12.6 Å². The van der Waals surface area contributed by atoms with E-state index in [1.165, 1.54) is 13.0 Å². The second kappa shape index (κ2) is 7.65. The first-order valence-electron chi connectivity index (χ1n) is 8.53. The number of aliphatic hydroxyl groups excluding tert-OH is 1. The number of nitrogens with zero attached hydrogens (tertiary/aromatic N) is 1. The van der Waals surface area contributed by atoms with Crippen LogP contribution in [0.5, 0.6) is 0 Å². The Bertz CT molecular complexity index is 703. The smallest absolute Gasteiger partial charge is 0.247 e. The van der Waals surface area contributed by atoms with Crippen molar-refractivity contribution in [2.24, 2.45) is 5.92 Å². The third kappa shape index (κ3) is 3.69. The van der Waals surface area contributed by atoms with Crippen molar-refractivity contribution in [1.29, 1.82) is 0 Å². The summed E-state index contributed by atoms with van der Waals surface area (Å²) in [7, 11) is 0. The molecule has 2 saturated heterocycles. The lowest BCUT2D eigenvalue weighted by Gasteiger charge is -2.37. The van der Waals surface area contributed by atoms with Gasteiger partial charge >= 0.3 is 0 Å². The molecule has 4 unspecified atom stereocenters. The second-order valence-electron chi connectivity index (χ2n) is 6.72. The maximum absolute atomic E-state index is 13.6. The van der Waals surface area contributed by atoms with Gasteiger partial charge in [0.2, 0.25) is 11.8 Å². The molecule has 3 rings (SSSR count). The van der Waals surface area contributed by atoms with E-state index in [0.29, 0.717) is 25.1 Å². The number of amides is 2. The average Bonchev–Trinajstić information content (AvgIpc) is 3.04. The van der Waals surface area contributed by atoms with Crippen molar-refractivity contribution >= 4 is 11.8 Å². The van der Waals surface area contributed by atoms with E-state index in [-0.39, 0.29) is 23.9 Å². The monoisotopic (exact) mass is 368 g/mol. The number of nitrogens with one attached hydrogen (secondary N) is 3. The lowest BCUT2D eigenvalue weighted by atomic mass is 9.85. The zero-order valence-corrected chi connectivity index (χ0v) is 14.3. The first kappa shape index (κ1) is 18.7. The summed E-state index contributed by atoms with van der Waals surface area (Å²) in [5, 5.41) is 11.8. The number of hydrogen-bond donors (Lipinski definition) is 4. The molecule has 142 valence electrons. The van der Waals surface area contributed by atoms with Crippen molar-refractivity contribution in [3.8, 4) is 0 Å². The highest BCUT2D eigenvalue weighted by Crippen LogP contribution is 2.34. The van der Waals surface area contributed by atoms with Gasteiger partial charge in [-0.1, -0.05) is 6.07 Å². The van der Waals surface area contributed by atoms with E-state index in [1.807, 2.05) is 0 Å². The van der Waals surface area contributed by atoms with E-state index in [2.05, 4.69) is 16.2 Å². The molecule has 1 aromatic carbocycles. The van der Waals surface area contributed by atoms with E-state index in [1.54, 1.807) is 4.90 Å². The van der Waals surface area contributed by atoms with Gasteiger partial charge in [0, 0.05) is 32.0 Å². The number of fused-ring (bicyclic) bond motifs is 1. The molecular weight excluding hydrogens is 346 g/mol. The molecule has 2 amide bonds. The summed E-state index contributed by atoms with van der Waals surface area (Å²) in [5.41, 5.74) is 6.85. The van der Waals surface area contributed by atoms with E-state index in [0.717, 1.165) is 12.1 Å². The molecule has 2 aliphatic rings. The van der Waals surface area contributed by atoms with Gasteiger partial charge in [0.15, 0.2) is 11.6 Å². The van der Waals surface area contributed by atoms with Gasteiger partial charge in [0.25, 0.3) is 0 Å². The van der Waals surface area contributed by atoms with Crippen LogP contribution in [0.25, 0.3) is 0 Å². The van der Waals surface area contributed by atoms with Crippen molar-refractivity contribution in [2.45, 2.75) is 31.5 Å². The highest BCUT2D eigenvalue weighted by Gasteiger charge is 2.42. The molecule has 0 aliphatic carbocycles. The zero-order valence-electron chi connectivity index (χ0n) is 14.3. The second-order valence-corrected chi connectivity index (χ2v) is 6.72. The van der Waals surface area contributed by atoms with Crippen molar-refractivity contribution < 1.29 is 23.5 Å². The van der Waals surface area contributed by atoms with Gasteiger partial charge in [-0.25, -0.2) is 14.2 Å². The van der Waals surface area contributed by atoms with Crippen LogP contribution in [-0.4, -0.2) is 53.6 Å². The fraction of sp³-hybridized carbons (Fsp3) is 0.529. The third-order valence-corrected chi connectivity index (χ3v) is 4.98. The summed E-state index contributed by atoms with van der Waals surface area (Å²) in [6, 6.07) is 2.60. The van der Waals surface area contributed by atoms with Crippen LogP contribution in [-0.2, 0) is 9.59 Å². The van der Waals surface area contributed by atoms with Gasteiger partial charge in [0.1, 0.15) is 6.04 Å².